The van der Waals surface area contributed by atoms with Gasteiger partial charge in [-0.05, 0) is 30.9 Å². The Morgan fingerprint density at radius 3 is 2.68 bits per heavy atom. The summed E-state index contributed by atoms with van der Waals surface area (Å²) < 4.78 is 32.8. The second-order valence-corrected chi connectivity index (χ2v) is 8.14. The first-order valence-electron chi connectivity index (χ1n) is 8.31. The number of aromatic nitrogens is 1. The van der Waals surface area contributed by atoms with Gasteiger partial charge in [0.15, 0.2) is 0 Å². The van der Waals surface area contributed by atoms with Gasteiger partial charge < -0.3 is 14.6 Å². The van der Waals surface area contributed by atoms with Crippen LogP contribution in [0.3, 0.4) is 0 Å². The number of amides is 1. The number of ether oxygens (including phenoxy) is 1. The standard InChI is InChI=1S/C16H25N3O5S/c1-13-5-9-19(10-6-13)25(22,23)14-4-3-8-18(16(14)21)12-15(20)17-7-11-24-2/h3-4,8,13H,5-7,9-12H2,1-2H3,(H,17,20). The number of carbonyl (C=O) groups excluding carboxylic acids is 1. The van der Waals surface area contributed by atoms with Crippen molar-refractivity contribution in [3.63, 3.8) is 0 Å². The van der Waals surface area contributed by atoms with Crippen LogP contribution in [0.4, 0.5) is 0 Å². The third-order valence-corrected chi connectivity index (χ3v) is 6.20. The molecule has 1 aliphatic heterocycles. The number of hydrogen-bond acceptors (Lipinski definition) is 5. The molecule has 0 radical (unpaired) electrons. The number of piperidine rings is 1. The van der Waals surface area contributed by atoms with Crippen molar-refractivity contribution in [1.29, 1.82) is 0 Å². The summed E-state index contributed by atoms with van der Waals surface area (Å²) >= 11 is 0. The SMILES string of the molecule is COCCNC(=O)Cn1cccc(S(=O)(=O)N2CCC(C)CC2)c1=O. The highest BCUT2D eigenvalue weighted by Crippen LogP contribution is 2.21. The van der Waals surface area contributed by atoms with Crippen molar-refractivity contribution in [3.05, 3.63) is 28.7 Å². The first kappa shape index (κ1) is 19.6. The lowest BCUT2D eigenvalue weighted by molar-refractivity contribution is -0.121. The van der Waals surface area contributed by atoms with E-state index in [1.165, 1.54) is 29.7 Å². The zero-order valence-corrected chi connectivity index (χ0v) is 15.4. The van der Waals surface area contributed by atoms with Crippen LogP contribution in [0.2, 0.25) is 0 Å². The van der Waals surface area contributed by atoms with E-state index < -0.39 is 15.6 Å². The molecule has 2 heterocycles. The Bertz CT molecular complexity index is 751. The molecule has 0 saturated carbocycles. The van der Waals surface area contributed by atoms with Crippen molar-refractivity contribution in [2.24, 2.45) is 5.92 Å². The number of methoxy groups -OCH3 is 1. The topological polar surface area (TPSA) is 97.7 Å². The minimum atomic E-state index is -3.85. The number of carbonyl (C=O) groups is 1. The summed E-state index contributed by atoms with van der Waals surface area (Å²) in [5, 5.41) is 2.60. The van der Waals surface area contributed by atoms with Gasteiger partial charge in [0.05, 0.1) is 6.61 Å². The molecule has 0 unspecified atom stereocenters. The van der Waals surface area contributed by atoms with Gasteiger partial charge in [-0.1, -0.05) is 6.92 Å². The zero-order chi connectivity index (χ0) is 18.4. The molecule has 140 valence electrons. The van der Waals surface area contributed by atoms with E-state index in [0.29, 0.717) is 32.2 Å². The fourth-order valence-corrected chi connectivity index (χ4v) is 4.26. The molecule has 1 amide bonds. The summed E-state index contributed by atoms with van der Waals surface area (Å²) in [6.07, 6.45) is 2.97. The van der Waals surface area contributed by atoms with Crippen molar-refractivity contribution in [2.75, 3.05) is 33.4 Å². The van der Waals surface area contributed by atoms with Crippen LogP contribution in [0.25, 0.3) is 0 Å². The third-order valence-electron chi connectivity index (χ3n) is 4.29. The maximum Gasteiger partial charge on any atom is 0.271 e. The molecule has 2 rings (SSSR count). The highest BCUT2D eigenvalue weighted by Gasteiger charge is 2.30. The van der Waals surface area contributed by atoms with Gasteiger partial charge in [-0.3, -0.25) is 9.59 Å². The average molecular weight is 371 g/mol. The molecule has 1 aromatic rings. The molecule has 1 saturated heterocycles. The smallest absolute Gasteiger partial charge is 0.271 e. The largest absolute Gasteiger partial charge is 0.383 e. The van der Waals surface area contributed by atoms with E-state index in [1.54, 1.807) is 0 Å². The van der Waals surface area contributed by atoms with Crippen molar-refractivity contribution in [1.82, 2.24) is 14.2 Å². The Hall–Kier alpha value is -1.71. The lowest BCUT2D eigenvalue weighted by Gasteiger charge is -2.29. The number of nitrogens with zero attached hydrogens (tertiary/aromatic N) is 2. The number of sulfonamides is 1. The molecule has 0 spiro atoms. The Kier molecular flexibility index (Phi) is 6.74. The molecule has 8 nitrogen and oxygen atoms in total. The summed E-state index contributed by atoms with van der Waals surface area (Å²) in [7, 11) is -2.33. The van der Waals surface area contributed by atoms with Crippen molar-refractivity contribution in [3.8, 4) is 0 Å². The van der Waals surface area contributed by atoms with Crippen LogP contribution < -0.4 is 10.9 Å². The fraction of sp³-hybridized carbons (Fsp3) is 0.625. The van der Waals surface area contributed by atoms with E-state index in [2.05, 4.69) is 12.2 Å². The summed E-state index contributed by atoms with van der Waals surface area (Å²) in [4.78, 5) is 24.1. The first-order chi connectivity index (χ1) is 11.9. The molecular formula is C16H25N3O5S. The second kappa shape index (κ2) is 8.59. The van der Waals surface area contributed by atoms with Crippen LogP contribution in [0.15, 0.2) is 28.0 Å². The first-order valence-corrected chi connectivity index (χ1v) is 9.75. The van der Waals surface area contributed by atoms with Gasteiger partial charge in [-0.2, -0.15) is 4.31 Å². The second-order valence-electron chi connectivity index (χ2n) is 6.23. The molecule has 0 aromatic carbocycles. The van der Waals surface area contributed by atoms with Crippen LogP contribution in [0.5, 0.6) is 0 Å². The minimum absolute atomic E-state index is 0.233. The predicted molar refractivity (Wildman–Crippen MR) is 92.7 cm³/mol. The van der Waals surface area contributed by atoms with Gasteiger partial charge in [0.1, 0.15) is 11.4 Å². The van der Waals surface area contributed by atoms with Gasteiger partial charge in [0.2, 0.25) is 15.9 Å². The molecule has 0 bridgehead atoms. The molecule has 1 aromatic heterocycles. The Labute approximate surface area is 147 Å². The van der Waals surface area contributed by atoms with Crippen molar-refractivity contribution < 1.29 is 17.9 Å². The van der Waals surface area contributed by atoms with E-state index in [0.717, 1.165) is 17.4 Å². The van der Waals surface area contributed by atoms with E-state index in [9.17, 15) is 18.0 Å². The molecule has 0 atom stereocenters. The van der Waals surface area contributed by atoms with Crippen LogP contribution in [0.1, 0.15) is 19.8 Å². The summed E-state index contributed by atoms with van der Waals surface area (Å²) in [5.74, 6) is 0.107. The minimum Gasteiger partial charge on any atom is -0.383 e. The molecule has 1 aliphatic rings. The normalized spacial score (nSPS) is 16.7. The average Bonchev–Trinajstić information content (AvgIpc) is 2.57. The monoisotopic (exact) mass is 371 g/mol. The lowest BCUT2D eigenvalue weighted by atomic mass is 10.0. The van der Waals surface area contributed by atoms with Gasteiger partial charge >= 0.3 is 0 Å². The molecular weight excluding hydrogens is 346 g/mol. The number of rotatable bonds is 7. The summed E-state index contributed by atoms with van der Waals surface area (Å²) in [6, 6.07) is 2.78. The zero-order valence-electron chi connectivity index (χ0n) is 14.6. The maximum absolute atomic E-state index is 12.8. The van der Waals surface area contributed by atoms with Gasteiger partial charge in [0, 0.05) is 32.9 Å². The van der Waals surface area contributed by atoms with E-state index in [4.69, 9.17) is 4.74 Å². The Morgan fingerprint density at radius 2 is 2.04 bits per heavy atom. The van der Waals surface area contributed by atoms with Gasteiger partial charge in [-0.15, -0.1) is 0 Å². The molecule has 1 fully saturated rings. The van der Waals surface area contributed by atoms with Crippen LogP contribution in [0, 0.1) is 5.92 Å². The Morgan fingerprint density at radius 1 is 1.36 bits per heavy atom. The van der Waals surface area contributed by atoms with E-state index in [-0.39, 0.29) is 17.3 Å². The number of pyridine rings is 1. The van der Waals surface area contributed by atoms with Crippen LogP contribution in [-0.4, -0.2) is 56.5 Å². The van der Waals surface area contributed by atoms with E-state index in [1.807, 2.05) is 0 Å². The van der Waals surface area contributed by atoms with Crippen LogP contribution in [-0.2, 0) is 26.1 Å². The maximum atomic E-state index is 12.8. The third kappa shape index (κ3) is 4.90. The van der Waals surface area contributed by atoms with Crippen molar-refractivity contribution in [2.45, 2.75) is 31.2 Å². The van der Waals surface area contributed by atoms with Gasteiger partial charge in [0.25, 0.3) is 5.56 Å². The quantitative estimate of drug-likeness (QED) is 0.682. The highest BCUT2D eigenvalue weighted by molar-refractivity contribution is 7.89. The van der Waals surface area contributed by atoms with Crippen molar-refractivity contribution >= 4 is 15.9 Å². The molecule has 1 N–H and O–H groups in total. The van der Waals surface area contributed by atoms with Crippen LogP contribution >= 0.6 is 0 Å². The molecule has 9 heteroatoms. The highest BCUT2D eigenvalue weighted by atomic mass is 32.2. The predicted octanol–water partition coefficient (Wildman–Crippen LogP) is 0.0315. The number of hydrogen-bond donors (Lipinski definition) is 1. The lowest BCUT2D eigenvalue weighted by Crippen LogP contribution is -2.41. The Balaban J connectivity index is 2.17. The van der Waals surface area contributed by atoms with Gasteiger partial charge in [-0.25, -0.2) is 8.42 Å². The molecule has 25 heavy (non-hydrogen) atoms. The fourth-order valence-electron chi connectivity index (χ4n) is 2.70. The number of nitrogens with one attached hydrogen (secondary N) is 1. The summed E-state index contributed by atoms with van der Waals surface area (Å²) in [6.45, 7) is 3.37. The summed E-state index contributed by atoms with van der Waals surface area (Å²) in [5.41, 5.74) is -0.678. The van der Waals surface area contributed by atoms with E-state index >= 15 is 0 Å². The molecule has 0 aliphatic carbocycles.